The molecule has 1 aliphatic carbocycles. The summed E-state index contributed by atoms with van der Waals surface area (Å²) in [5, 5.41) is 2.85. The Balaban J connectivity index is 1.79. The molecule has 1 atom stereocenters. The van der Waals surface area contributed by atoms with Crippen molar-refractivity contribution < 1.29 is 9.59 Å². The van der Waals surface area contributed by atoms with Crippen LogP contribution in [0.3, 0.4) is 0 Å². The molecule has 2 fully saturated rings. The van der Waals surface area contributed by atoms with Crippen LogP contribution in [0.4, 0.5) is 0 Å². The van der Waals surface area contributed by atoms with Gasteiger partial charge in [0.15, 0.2) is 0 Å². The first-order valence-electron chi connectivity index (χ1n) is 7.37. The molecule has 1 aromatic rings. The van der Waals surface area contributed by atoms with E-state index >= 15 is 0 Å². The minimum atomic E-state index is -0.522. The predicted octanol–water partition coefficient (Wildman–Crippen LogP) is 1.88. The van der Waals surface area contributed by atoms with Crippen molar-refractivity contribution in [3.8, 4) is 0 Å². The Labute approximate surface area is 119 Å². The van der Waals surface area contributed by atoms with Gasteiger partial charge >= 0.3 is 0 Å². The van der Waals surface area contributed by atoms with Gasteiger partial charge in [0.25, 0.3) is 0 Å². The third-order valence-electron chi connectivity index (χ3n) is 4.31. The van der Waals surface area contributed by atoms with Crippen molar-refractivity contribution in [2.45, 2.75) is 31.7 Å². The molecule has 0 radical (unpaired) electrons. The van der Waals surface area contributed by atoms with E-state index in [1.54, 1.807) is 0 Å². The molecule has 2 amide bonds. The highest BCUT2D eigenvalue weighted by Gasteiger charge is 2.33. The van der Waals surface area contributed by atoms with Gasteiger partial charge in [-0.2, -0.15) is 0 Å². The number of hydrogen-bond donors (Lipinski definition) is 1. The van der Waals surface area contributed by atoms with Gasteiger partial charge in [0.2, 0.25) is 11.8 Å². The van der Waals surface area contributed by atoms with Gasteiger partial charge in [0.1, 0.15) is 6.04 Å². The van der Waals surface area contributed by atoms with Crippen LogP contribution in [0.2, 0.25) is 0 Å². The third-order valence-corrected chi connectivity index (χ3v) is 4.31. The molecule has 1 heterocycles. The Morgan fingerprint density at radius 3 is 2.55 bits per heavy atom. The number of carbonyl (C=O) groups is 2. The molecule has 4 heteroatoms. The summed E-state index contributed by atoms with van der Waals surface area (Å²) in [5.41, 5.74) is 0.867. The first-order valence-corrected chi connectivity index (χ1v) is 7.37. The molecule has 1 saturated heterocycles. The van der Waals surface area contributed by atoms with Crippen LogP contribution in [0.5, 0.6) is 0 Å². The molecule has 20 heavy (non-hydrogen) atoms. The Hall–Kier alpha value is -1.84. The van der Waals surface area contributed by atoms with Crippen molar-refractivity contribution in [2.75, 3.05) is 13.1 Å². The normalized spacial score (nSPS) is 24.0. The van der Waals surface area contributed by atoms with Crippen LogP contribution in [-0.4, -0.2) is 29.8 Å². The Bertz CT molecular complexity index is 496. The van der Waals surface area contributed by atoms with Crippen molar-refractivity contribution >= 4 is 11.8 Å². The fourth-order valence-electron chi connectivity index (χ4n) is 2.86. The average molecular weight is 272 g/mol. The zero-order valence-electron chi connectivity index (χ0n) is 11.5. The van der Waals surface area contributed by atoms with Crippen molar-refractivity contribution in [1.29, 1.82) is 0 Å². The number of carbonyl (C=O) groups excluding carboxylic acids is 2. The van der Waals surface area contributed by atoms with Crippen molar-refractivity contribution in [3.63, 3.8) is 0 Å². The second-order valence-electron chi connectivity index (χ2n) is 5.74. The van der Waals surface area contributed by atoms with E-state index in [0.717, 1.165) is 12.1 Å². The zero-order chi connectivity index (χ0) is 13.9. The summed E-state index contributed by atoms with van der Waals surface area (Å²) >= 11 is 0. The lowest BCUT2D eigenvalue weighted by molar-refractivity contribution is -0.134. The molecule has 0 spiro atoms. The summed E-state index contributed by atoms with van der Waals surface area (Å²) in [7, 11) is 0. The summed E-state index contributed by atoms with van der Waals surface area (Å²) in [6.45, 7) is 1.35. The second-order valence-corrected chi connectivity index (χ2v) is 5.74. The third kappa shape index (κ3) is 2.69. The van der Waals surface area contributed by atoms with E-state index < -0.39 is 6.04 Å². The average Bonchev–Trinajstić information content (AvgIpc) is 2.56. The van der Waals surface area contributed by atoms with Crippen molar-refractivity contribution in [3.05, 3.63) is 35.9 Å². The SMILES string of the molecule is O=C1CCN(CC2CCC2)C(=O)C(c2ccccc2)N1. The van der Waals surface area contributed by atoms with Crippen LogP contribution >= 0.6 is 0 Å². The Morgan fingerprint density at radius 2 is 1.90 bits per heavy atom. The maximum atomic E-state index is 12.7. The fourth-order valence-corrected chi connectivity index (χ4v) is 2.86. The zero-order valence-corrected chi connectivity index (χ0v) is 11.5. The summed E-state index contributed by atoms with van der Waals surface area (Å²) in [4.78, 5) is 26.4. The van der Waals surface area contributed by atoms with Gasteiger partial charge < -0.3 is 10.2 Å². The molecular formula is C16H20N2O2. The maximum absolute atomic E-state index is 12.7. The van der Waals surface area contributed by atoms with E-state index in [1.165, 1.54) is 19.3 Å². The molecule has 3 rings (SSSR count). The molecule has 0 bridgehead atoms. The fraction of sp³-hybridized carbons (Fsp3) is 0.500. The summed E-state index contributed by atoms with van der Waals surface area (Å²) in [6.07, 6.45) is 4.09. The van der Waals surface area contributed by atoms with Gasteiger partial charge in [-0.05, 0) is 24.3 Å². The lowest BCUT2D eigenvalue weighted by atomic mass is 9.85. The number of hydrogen-bond acceptors (Lipinski definition) is 2. The van der Waals surface area contributed by atoms with Gasteiger partial charge in [-0.1, -0.05) is 36.8 Å². The van der Waals surface area contributed by atoms with Gasteiger partial charge in [0, 0.05) is 19.5 Å². The highest BCUT2D eigenvalue weighted by molar-refractivity contribution is 5.90. The van der Waals surface area contributed by atoms with Crippen LogP contribution in [0.25, 0.3) is 0 Å². The Kier molecular flexibility index (Phi) is 3.72. The second kappa shape index (κ2) is 5.65. The largest absolute Gasteiger partial charge is 0.340 e. The standard InChI is InChI=1S/C16H20N2O2/c19-14-9-10-18(11-12-5-4-6-12)16(20)15(17-14)13-7-2-1-3-8-13/h1-3,7-8,12,15H,4-6,9-11H2,(H,17,19). The molecule has 106 valence electrons. The number of rotatable bonds is 3. The van der Waals surface area contributed by atoms with Crippen LogP contribution in [0.1, 0.15) is 37.3 Å². The quantitative estimate of drug-likeness (QED) is 0.913. The number of nitrogens with one attached hydrogen (secondary N) is 1. The van der Waals surface area contributed by atoms with E-state index in [2.05, 4.69) is 5.32 Å². The number of amides is 2. The Morgan fingerprint density at radius 1 is 1.15 bits per heavy atom. The van der Waals surface area contributed by atoms with Crippen LogP contribution in [0, 0.1) is 5.92 Å². The summed E-state index contributed by atoms with van der Waals surface area (Å²) in [6, 6.07) is 8.99. The smallest absolute Gasteiger partial charge is 0.249 e. The van der Waals surface area contributed by atoms with E-state index in [-0.39, 0.29) is 11.8 Å². The van der Waals surface area contributed by atoms with Gasteiger partial charge in [-0.3, -0.25) is 9.59 Å². The minimum absolute atomic E-state index is 0.0361. The molecular weight excluding hydrogens is 252 g/mol. The van der Waals surface area contributed by atoms with Crippen molar-refractivity contribution in [1.82, 2.24) is 10.2 Å². The predicted molar refractivity (Wildman–Crippen MR) is 75.9 cm³/mol. The van der Waals surface area contributed by atoms with E-state index in [0.29, 0.717) is 18.9 Å². The first kappa shape index (κ1) is 13.2. The summed E-state index contributed by atoms with van der Waals surface area (Å²) in [5.74, 6) is 0.626. The van der Waals surface area contributed by atoms with Crippen LogP contribution in [-0.2, 0) is 9.59 Å². The van der Waals surface area contributed by atoms with Gasteiger partial charge in [-0.15, -0.1) is 0 Å². The van der Waals surface area contributed by atoms with E-state index in [4.69, 9.17) is 0 Å². The molecule has 1 aliphatic heterocycles. The van der Waals surface area contributed by atoms with Gasteiger partial charge in [-0.25, -0.2) is 0 Å². The van der Waals surface area contributed by atoms with Gasteiger partial charge in [0.05, 0.1) is 0 Å². The number of benzene rings is 1. The monoisotopic (exact) mass is 272 g/mol. The van der Waals surface area contributed by atoms with E-state index in [1.807, 2.05) is 35.2 Å². The molecule has 2 aliphatic rings. The highest BCUT2D eigenvalue weighted by atomic mass is 16.2. The molecule has 1 N–H and O–H groups in total. The number of nitrogens with zero attached hydrogens (tertiary/aromatic N) is 1. The van der Waals surface area contributed by atoms with Crippen LogP contribution in [0.15, 0.2) is 30.3 Å². The lowest BCUT2D eigenvalue weighted by Crippen LogP contribution is -2.41. The topological polar surface area (TPSA) is 49.4 Å². The molecule has 1 unspecified atom stereocenters. The maximum Gasteiger partial charge on any atom is 0.249 e. The molecule has 1 saturated carbocycles. The lowest BCUT2D eigenvalue weighted by Gasteiger charge is -2.32. The molecule has 4 nitrogen and oxygen atoms in total. The van der Waals surface area contributed by atoms with Crippen LogP contribution < -0.4 is 5.32 Å². The first-order chi connectivity index (χ1) is 9.74. The van der Waals surface area contributed by atoms with Crippen molar-refractivity contribution in [2.24, 2.45) is 5.92 Å². The highest BCUT2D eigenvalue weighted by Crippen LogP contribution is 2.29. The molecule has 0 aromatic heterocycles. The summed E-state index contributed by atoms with van der Waals surface area (Å²) < 4.78 is 0. The molecule has 1 aromatic carbocycles. The minimum Gasteiger partial charge on any atom is -0.340 e. The van der Waals surface area contributed by atoms with E-state index in [9.17, 15) is 9.59 Å².